The van der Waals surface area contributed by atoms with E-state index in [2.05, 4.69) is 39.5 Å². The molecular formula is C13H30N2. The molecule has 0 aromatic rings. The quantitative estimate of drug-likeness (QED) is 0.673. The van der Waals surface area contributed by atoms with Gasteiger partial charge in [0.1, 0.15) is 0 Å². The van der Waals surface area contributed by atoms with Crippen molar-refractivity contribution in [2.24, 2.45) is 11.7 Å². The fraction of sp³-hybridized carbons (Fsp3) is 1.00. The zero-order valence-electron chi connectivity index (χ0n) is 11.3. The van der Waals surface area contributed by atoms with Gasteiger partial charge in [-0.05, 0) is 45.7 Å². The Labute approximate surface area is 96.2 Å². The minimum Gasteiger partial charge on any atom is -0.326 e. The number of hydrogen-bond acceptors (Lipinski definition) is 2. The van der Waals surface area contributed by atoms with Crippen LogP contribution in [0.5, 0.6) is 0 Å². The topological polar surface area (TPSA) is 29.3 Å². The highest BCUT2D eigenvalue weighted by Gasteiger charge is 2.12. The molecule has 0 fully saturated rings. The molecule has 2 nitrogen and oxygen atoms in total. The van der Waals surface area contributed by atoms with E-state index in [9.17, 15) is 0 Å². The number of nitrogens with zero attached hydrogens (tertiary/aromatic N) is 1. The Kier molecular flexibility index (Phi) is 7.20. The van der Waals surface area contributed by atoms with Gasteiger partial charge in [0, 0.05) is 12.1 Å². The summed E-state index contributed by atoms with van der Waals surface area (Å²) in [6.07, 6.45) is 3.61. The number of rotatable bonds is 8. The maximum atomic E-state index is 5.97. The van der Waals surface area contributed by atoms with Crippen LogP contribution < -0.4 is 5.73 Å². The monoisotopic (exact) mass is 214 g/mol. The van der Waals surface area contributed by atoms with E-state index in [-0.39, 0.29) is 5.54 Å². The Morgan fingerprint density at radius 1 is 1.27 bits per heavy atom. The highest BCUT2D eigenvalue weighted by atomic mass is 15.1. The standard InChI is InChI=1S/C13H30N2/c1-6-12(3)11-15(7-2)10-8-9-13(4,5)14/h12H,6-11,14H2,1-5H3. The summed E-state index contributed by atoms with van der Waals surface area (Å²) in [7, 11) is 0. The molecule has 0 aliphatic carbocycles. The van der Waals surface area contributed by atoms with Gasteiger partial charge in [0.25, 0.3) is 0 Å². The molecule has 0 amide bonds. The zero-order valence-corrected chi connectivity index (χ0v) is 11.3. The third-order valence-corrected chi connectivity index (χ3v) is 3.01. The SMILES string of the molecule is CCC(C)CN(CC)CCCC(C)(C)N. The van der Waals surface area contributed by atoms with Crippen LogP contribution >= 0.6 is 0 Å². The highest BCUT2D eigenvalue weighted by Crippen LogP contribution is 2.10. The lowest BCUT2D eigenvalue weighted by molar-refractivity contribution is 0.235. The first kappa shape index (κ1) is 14.9. The lowest BCUT2D eigenvalue weighted by atomic mass is 10.00. The van der Waals surface area contributed by atoms with Crippen molar-refractivity contribution in [2.45, 2.75) is 59.4 Å². The van der Waals surface area contributed by atoms with Crippen molar-refractivity contribution in [3.63, 3.8) is 0 Å². The lowest BCUT2D eigenvalue weighted by Crippen LogP contribution is -2.34. The van der Waals surface area contributed by atoms with Gasteiger partial charge in [0.2, 0.25) is 0 Å². The maximum absolute atomic E-state index is 5.97. The molecule has 0 saturated heterocycles. The predicted molar refractivity (Wildman–Crippen MR) is 69.1 cm³/mol. The Balaban J connectivity index is 3.71. The maximum Gasteiger partial charge on any atom is 0.00975 e. The normalized spacial score (nSPS) is 14.6. The van der Waals surface area contributed by atoms with E-state index in [1.807, 2.05) is 0 Å². The smallest absolute Gasteiger partial charge is 0.00975 e. The van der Waals surface area contributed by atoms with Gasteiger partial charge < -0.3 is 10.6 Å². The summed E-state index contributed by atoms with van der Waals surface area (Å²) in [6.45, 7) is 14.7. The molecular weight excluding hydrogens is 184 g/mol. The van der Waals surface area contributed by atoms with Crippen molar-refractivity contribution >= 4 is 0 Å². The molecule has 0 radical (unpaired) electrons. The molecule has 1 atom stereocenters. The Morgan fingerprint density at radius 3 is 2.27 bits per heavy atom. The van der Waals surface area contributed by atoms with Crippen LogP contribution in [0.2, 0.25) is 0 Å². The van der Waals surface area contributed by atoms with E-state index in [0.717, 1.165) is 18.9 Å². The molecule has 0 heterocycles. The lowest BCUT2D eigenvalue weighted by Gasteiger charge is -2.25. The van der Waals surface area contributed by atoms with Crippen molar-refractivity contribution < 1.29 is 0 Å². The van der Waals surface area contributed by atoms with E-state index < -0.39 is 0 Å². The third kappa shape index (κ3) is 8.88. The highest BCUT2D eigenvalue weighted by molar-refractivity contribution is 4.72. The minimum absolute atomic E-state index is 0.00418. The molecule has 0 rings (SSSR count). The van der Waals surface area contributed by atoms with Gasteiger partial charge in [-0.15, -0.1) is 0 Å². The molecule has 2 N–H and O–H groups in total. The summed E-state index contributed by atoms with van der Waals surface area (Å²) in [4.78, 5) is 2.54. The number of nitrogens with two attached hydrogens (primary N) is 1. The van der Waals surface area contributed by atoms with Crippen molar-refractivity contribution in [2.75, 3.05) is 19.6 Å². The second-order valence-corrected chi connectivity index (χ2v) is 5.50. The molecule has 0 spiro atoms. The Morgan fingerprint density at radius 2 is 1.87 bits per heavy atom. The summed E-state index contributed by atoms with van der Waals surface area (Å²) in [5.41, 5.74) is 5.97. The van der Waals surface area contributed by atoms with Crippen molar-refractivity contribution in [3.8, 4) is 0 Å². The van der Waals surface area contributed by atoms with E-state index in [1.54, 1.807) is 0 Å². The fourth-order valence-corrected chi connectivity index (χ4v) is 1.71. The second kappa shape index (κ2) is 7.24. The Hall–Kier alpha value is -0.0800. The molecule has 0 bridgehead atoms. The first-order valence-corrected chi connectivity index (χ1v) is 6.40. The third-order valence-electron chi connectivity index (χ3n) is 3.01. The van der Waals surface area contributed by atoms with Crippen LogP contribution in [0, 0.1) is 5.92 Å². The van der Waals surface area contributed by atoms with E-state index in [4.69, 9.17) is 5.73 Å². The Bertz CT molecular complexity index is 149. The second-order valence-electron chi connectivity index (χ2n) is 5.50. The molecule has 0 saturated carbocycles. The van der Waals surface area contributed by atoms with Gasteiger partial charge in [-0.25, -0.2) is 0 Å². The van der Waals surface area contributed by atoms with Crippen LogP contribution in [-0.2, 0) is 0 Å². The summed E-state index contributed by atoms with van der Waals surface area (Å²) in [5, 5.41) is 0. The van der Waals surface area contributed by atoms with Gasteiger partial charge in [-0.1, -0.05) is 27.2 Å². The molecule has 0 aliphatic heterocycles. The molecule has 0 aromatic heterocycles. The molecule has 15 heavy (non-hydrogen) atoms. The fourth-order valence-electron chi connectivity index (χ4n) is 1.71. The van der Waals surface area contributed by atoms with Crippen LogP contribution in [0.3, 0.4) is 0 Å². The molecule has 92 valence electrons. The van der Waals surface area contributed by atoms with Gasteiger partial charge in [-0.2, -0.15) is 0 Å². The van der Waals surface area contributed by atoms with Gasteiger partial charge in [0.15, 0.2) is 0 Å². The molecule has 1 unspecified atom stereocenters. The first-order valence-electron chi connectivity index (χ1n) is 6.40. The van der Waals surface area contributed by atoms with Crippen LogP contribution in [0.25, 0.3) is 0 Å². The van der Waals surface area contributed by atoms with E-state index in [1.165, 1.54) is 25.9 Å². The van der Waals surface area contributed by atoms with Crippen LogP contribution in [0.1, 0.15) is 53.9 Å². The molecule has 0 aromatic carbocycles. The number of hydrogen-bond donors (Lipinski definition) is 1. The van der Waals surface area contributed by atoms with Gasteiger partial charge in [0.05, 0.1) is 0 Å². The summed E-state index contributed by atoms with van der Waals surface area (Å²) in [5.74, 6) is 0.816. The summed E-state index contributed by atoms with van der Waals surface area (Å²) in [6, 6.07) is 0. The summed E-state index contributed by atoms with van der Waals surface area (Å²) < 4.78 is 0. The average molecular weight is 214 g/mol. The van der Waals surface area contributed by atoms with E-state index >= 15 is 0 Å². The van der Waals surface area contributed by atoms with Crippen LogP contribution in [0.4, 0.5) is 0 Å². The van der Waals surface area contributed by atoms with Gasteiger partial charge >= 0.3 is 0 Å². The van der Waals surface area contributed by atoms with Crippen molar-refractivity contribution in [1.29, 1.82) is 0 Å². The van der Waals surface area contributed by atoms with E-state index in [0.29, 0.717) is 0 Å². The van der Waals surface area contributed by atoms with Crippen molar-refractivity contribution in [1.82, 2.24) is 4.90 Å². The first-order chi connectivity index (χ1) is 6.89. The van der Waals surface area contributed by atoms with Crippen LogP contribution in [-0.4, -0.2) is 30.1 Å². The predicted octanol–water partition coefficient (Wildman–Crippen LogP) is 2.87. The summed E-state index contributed by atoms with van der Waals surface area (Å²) >= 11 is 0. The molecule has 2 heteroatoms. The molecule has 0 aliphatic rings. The average Bonchev–Trinajstić information content (AvgIpc) is 2.14. The minimum atomic E-state index is -0.00418. The van der Waals surface area contributed by atoms with Crippen LogP contribution in [0.15, 0.2) is 0 Å². The van der Waals surface area contributed by atoms with Crippen molar-refractivity contribution in [3.05, 3.63) is 0 Å². The largest absolute Gasteiger partial charge is 0.326 e. The zero-order chi connectivity index (χ0) is 11.9. The van der Waals surface area contributed by atoms with Gasteiger partial charge in [-0.3, -0.25) is 0 Å².